The third-order valence-corrected chi connectivity index (χ3v) is 3.78. The van der Waals surface area contributed by atoms with Crippen LogP contribution in [0, 0.1) is 6.92 Å². The lowest BCUT2D eigenvalue weighted by molar-refractivity contribution is 0.0222. The SMILES string of the molecule is Cc1ccc2[nH]c3c(c2c1)CCN(C(=O)OC(C)(C)C)C3. The highest BCUT2D eigenvalue weighted by molar-refractivity contribution is 5.86. The lowest BCUT2D eigenvalue weighted by Gasteiger charge is -2.30. The van der Waals surface area contributed by atoms with Gasteiger partial charge in [-0.2, -0.15) is 0 Å². The lowest BCUT2D eigenvalue weighted by Crippen LogP contribution is -2.39. The molecular formula is C17H22N2O2. The molecule has 1 amide bonds. The van der Waals surface area contributed by atoms with E-state index in [1.54, 1.807) is 4.90 Å². The highest BCUT2D eigenvalue weighted by Crippen LogP contribution is 2.28. The minimum Gasteiger partial charge on any atom is -0.444 e. The van der Waals surface area contributed by atoms with Gasteiger partial charge in [-0.25, -0.2) is 4.79 Å². The number of benzene rings is 1. The van der Waals surface area contributed by atoms with Gasteiger partial charge >= 0.3 is 6.09 Å². The Balaban J connectivity index is 1.86. The molecule has 112 valence electrons. The van der Waals surface area contributed by atoms with Gasteiger partial charge in [0.05, 0.1) is 6.54 Å². The van der Waals surface area contributed by atoms with E-state index in [2.05, 4.69) is 30.1 Å². The predicted octanol–water partition coefficient (Wildman–Crippen LogP) is 3.77. The highest BCUT2D eigenvalue weighted by Gasteiger charge is 2.27. The molecule has 0 unspecified atom stereocenters. The van der Waals surface area contributed by atoms with E-state index in [1.807, 2.05) is 20.8 Å². The third-order valence-electron chi connectivity index (χ3n) is 3.78. The zero-order valence-electron chi connectivity index (χ0n) is 13.1. The van der Waals surface area contributed by atoms with Crippen LogP contribution in [-0.4, -0.2) is 28.1 Å². The number of carbonyl (C=O) groups is 1. The molecule has 0 radical (unpaired) electrons. The number of amides is 1. The van der Waals surface area contributed by atoms with E-state index in [4.69, 9.17) is 4.74 Å². The van der Waals surface area contributed by atoms with Crippen molar-refractivity contribution in [2.24, 2.45) is 0 Å². The molecule has 2 heterocycles. The monoisotopic (exact) mass is 286 g/mol. The number of aromatic nitrogens is 1. The summed E-state index contributed by atoms with van der Waals surface area (Å²) in [6, 6.07) is 6.44. The van der Waals surface area contributed by atoms with E-state index in [-0.39, 0.29) is 6.09 Å². The van der Waals surface area contributed by atoms with Gasteiger partial charge in [0, 0.05) is 23.1 Å². The summed E-state index contributed by atoms with van der Waals surface area (Å²) in [7, 11) is 0. The number of nitrogens with one attached hydrogen (secondary N) is 1. The second-order valence-electron chi connectivity index (χ2n) is 6.78. The van der Waals surface area contributed by atoms with Gasteiger partial charge < -0.3 is 14.6 Å². The topological polar surface area (TPSA) is 45.3 Å². The number of nitrogens with zero attached hydrogens (tertiary/aromatic N) is 1. The van der Waals surface area contributed by atoms with Crippen molar-refractivity contribution in [3.05, 3.63) is 35.0 Å². The molecule has 0 spiro atoms. The third kappa shape index (κ3) is 2.75. The largest absolute Gasteiger partial charge is 0.444 e. The molecular weight excluding hydrogens is 264 g/mol. The fourth-order valence-corrected chi connectivity index (χ4v) is 2.84. The van der Waals surface area contributed by atoms with Crippen molar-refractivity contribution in [3.8, 4) is 0 Å². The number of aryl methyl sites for hydroxylation is 1. The molecule has 0 fully saturated rings. The first-order valence-corrected chi connectivity index (χ1v) is 7.41. The molecule has 1 N–H and O–H groups in total. The first-order chi connectivity index (χ1) is 9.83. The van der Waals surface area contributed by atoms with E-state index in [0.29, 0.717) is 13.1 Å². The minimum atomic E-state index is -0.449. The van der Waals surface area contributed by atoms with Gasteiger partial charge in [-0.3, -0.25) is 0 Å². The second kappa shape index (κ2) is 4.79. The summed E-state index contributed by atoms with van der Waals surface area (Å²) in [5.74, 6) is 0. The Labute approximate surface area is 125 Å². The van der Waals surface area contributed by atoms with Crippen LogP contribution in [0.15, 0.2) is 18.2 Å². The first-order valence-electron chi connectivity index (χ1n) is 7.41. The number of hydrogen-bond acceptors (Lipinski definition) is 2. The minimum absolute atomic E-state index is 0.233. The molecule has 1 aromatic heterocycles. The summed E-state index contributed by atoms with van der Waals surface area (Å²) in [4.78, 5) is 17.4. The summed E-state index contributed by atoms with van der Waals surface area (Å²) >= 11 is 0. The second-order valence-corrected chi connectivity index (χ2v) is 6.78. The number of aromatic amines is 1. The molecule has 0 atom stereocenters. The van der Waals surface area contributed by atoms with Crippen LogP contribution in [0.3, 0.4) is 0 Å². The molecule has 2 aromatic rings. The maximum atomic E-state index is 12.2. The van der Waals surface area contributed by atoms with Gasteiger partial charge in [0.1, 0.15) is 5.60 Å². The number of fused-ring (bicyclic) bond motifs is 3. The van der Waals surface area contributed by atoms with E-state index in [1.165, 1.54) is 16.5 Å². The Hall–Kier alpha value is -1.97. The van der Waals surface area contributed by atoms with E-state index in [9.17, 15) is 4.79 Å². The van der Waals surface area contributed by atoms with Crippen LogP contribution in [0.25, 0.3) is 10.9 Å². The molecule has 1 aliphatic heterocycles. The van der Waals surface area contributed by atoms with Crippen molar-refractivity contribution >= 4 is 17.0 Å². The molecule has 1 aliphatic rings. The summed E-state index contributed by atoms with van der Waals surface area (Å²) in [6.45, 7) is 9.10. The maximum Gasteiger partial charge on any atom is 0.410 e. The quantitative estimate of drug-likeness (QED) is 0.801. The summed E-state index contributed by atoms with van der Waals surface area (Å²) < 4.78 is 5.46. The highest BCUT2D eigenvalue weighted by atomic mass is 16.6. The molecule has 3 rings (SSSR count). The number of carbonyl (C=O) groups excluding carboxylic acids is 1. The summed E-state index contributed by atoms with van der Waals surface area (Å²) in [6.07, 6.45) is 0.640. The van der Waals surface area contributed by atoms with Crippen molar-refractivity contribution in [2.45, 2.75) is 46.3 Å². The van der Waals surface area contributed by atoms with Gasteiger partial charge in [0.25, 0.3) is 0 Å². The molecule has 4 heteroatoms. The predicted molar refractivity (Wildman–Crippen MR) is 83.4 cm³/mol. The molecule has 0 saturated heterocycles. The van der Waals surface area contributed by atoms with Crippen LogP contribution in [0.5, 0.6) is 0 Å². The van der Waals surface area contributed by atoms with Crippen molar-refractivity contribution in [1.82, 2.24) is 9.88 Å². The maximum absolute atomic E-state index is 12.2. The Morgan fingerprint density at radius 3 is 2.81 bits per heavy atom. The van der Waals surface area contributed by atoms with Gasteiger partial charge in [0.2, 0.25) is 0 Å². The van der Waals surface area contributed by atoms with Crippen molar-refractivity contribution in [3.63, 3.8) is 0 Å². The standard InChI is InChI=1S/C17H22N2O2/c1-11-5-6-14-13(9-11)12-7-8-19(10-15(12)18-14)16(20)21-17(2,3)4/h5-6,9,18H,7-8,10H2,1-4H3. The fraction of sp³-hybridized carbons (Fsp3) is 0.471. The molecule has 21 heavy (non-hydrogen) atoms. The van der Waals surface area contributed by atoms with Gasteiger partial charge in [-0.05, 0) is 51.8 Å². The van der Waals surface area contributed by atoms with Gasteiger partial charge in [0.15, 0.2) is 0 Å². The molecule has 0 aliphatic carbocycles. The Morgan fingerprint density at radius 2 is 2.10 bits per heavy atom. The van der Waals surface area contributed by atoms with Crippen LogP contribution in [0.4, 0.5) is 4.79 Å². The number of H-pyrrole nitrogens is 1. The van der Waals surface area contributed by atoms with Crippen LogP contribution in [0.1, 0.15) is 37.6 Å². The Bertz CT molecular complexity index is 695. The smallest absolute Gasteiger partial charge is 0.410 e. The van der Waals surface area contributed by atoms with Crippen LogP contribution < -0.4 is 0 Å². The number of hydrogen-bond donors (Lipinski definition) is 1. The Kier molecular flexibility index (Phi) is 3.19. The van der Waals surface area contributed by atoms with Crippen molar-refractivity contribution < 1.29 is 9.53 Å². The van der Waals surface area contributed by atoms with E-state index in [0.717, 1.165) is 17.6 Å². The zero-order valence-corrected chi connectivity index (χ0v) is 13.1. The number of ether oxygens (including phenoxy) is 1. The van der Waals surface area contributed by atoms with Crippen LogP contribution in [-0.2, 0) is 17.7 Å². The average Bonchev–Trinajstić information content (AvgIpc) is 2.73. The Morgan fingerprint density at radius 1 is 1.33 bits per heavy atom. The normalized spacial score (nSPS) is 15.1. The fourth-order valence-electron chi connectivity index (χ4n) is 2.84. The van der Waals surface area contributed by atoms with Crippen LogP contribution >= 0.6 is 0 Å². The molecule has 0 bridgehead atoms. The van der Waals surface area contributed by atoms with Gasteiger partial charge in [-0.15, -0.1) is 0 Å². The molecule has 1 aromatic carbocycles. The summed E-state index contributed by atoms with van der Waals surface area (Å²) in [5, 5.41) is 1.29. The first kappa shape index (κ1) is 14.0. The summed E-state index contributed by atoms with van der Waals surface area (Å²) in [5.41, 5.74) is 4.44. The van der Waals surface area contributed by atoms with Gasteiger partial charge in [-0.1, -0.05) is 11.6 Å². The molecule has 4 nitrogen and oxygen atoms in total. The van der Waals surface area contributed by atoms with Crippen molar-refractivity contribution in [1.29, 1.82) is 0 Å². The van der Waals surface area contributed by atoms with E-state index >= 15 is 0 Å². The van der Waals surface area contributed by atoms with Crippen molar-refractivity contribution in [2.75, 3.05) is 6.54 Å². The van der Waals surface area contributed by atoms with E-state index < -0.39 is 5.60 Å². The van der Waals surface area contributed by atoms with Crippen LogP contribution in [0.2, 0.25) is 0 Å². The molecule has 0 saturated carbocycles. The zero-order chi connectivity index (χ0) is 15.2. The lowest BCUT2D eigenvalue weighted by atomic mass is 10.0. The number of rotatable bonds is 0. The average molecular weight is 286 g/mol.